The number of benzene rings is 2. The zero-order valence-electron chi connectivity index (χ0n) is 29.8. The third-order valence-electron chi connectivity index (χ3n) is 12.3. The van der Waals surface area contributed by atoms with Gasteiger partial charge in [-0.1, -0.05) is 43.7 Å². The summed E-state index contributed by atoms with van der Waals surface area (Å²) < 4.78 is 43.1. The van der Waals surface area contributed by atoms with Crippen LogP contribution in [-0.2, 0) is 31.4 Å². The quantitative estimate of drug-likeness (QED) is 0.414. The first-order valence-corrected chi connectivity index (χ1v) is 20.4. The highest BCUT2D eigenvalue weighted by Gasteiger charge is 2.45. The molecule has 5 aliphatic rings. The van der Waals surface area contributed by atoms with Crippen LogP contribution in [0.15, 0.2) is 53.4 Å². The number of carbonyl (C=O) groups is 1. The Bertz CT molecular complexity index is 1690. The minimum Gasteiger partial charge on any atom is -0.490 e. The van der Waals surface area contributed by atoms with E-state index in [1.165, 1.54) is 11.1 Å². The molecular formula is C39H53ClN4O5S. The molecule has 1 N–H and O–H groups in total. The Balaban J connectivity index is 1.22. The van der Waals surface area contributed by atoms with Gasteiger partial charge in [0.2, 0.25) is 5.91 Å². The molecular weight excluding hydrogens is 672 g/mol. The van der Waals surface area contributed by atoms with Gasteiger partial charge in [-0.05, 0) is 105 Å². The molecule has 1 spiro atoms. The molecule has 1 amide bonds. The van der Waals surface area contributed by atoms with Gasteiger partial charge in [0.15, 0.2) is 0 Å². The lowest BCUT2D eigenvalue weighted by Gasteiger charge is -2.46. The highest BCUT2D eigenvalue weighted by molar-refractivity contribution is 7.90. The minimum absolute atomic E-state index is 0.0219. The van der Waals surface area contributed by atoms with Gasteiger partial charge in [0.1, 0.15) is 5.75 Å². The first-order chi connectivity index (χ1) is 24.0. The molecule has 2 bridgehead atoms. The van der Waals surface area contributed by atoms with Crippen LogP contribution in [-0.4, -0.2) is 96.3 Å². The maximum absolute atomic E-state index is 13.7. The van der Waals surface area contributed by atoms with E-state index in [-0.39, 0.29) is 22.3 Å². The third kappa shape index (κ3) is 7.47. The number of rotatable bonds is 4. The van der Waals surface area contributed by atoms with Crippen LogP contribution >= 0.6 is 11.6 Å². The Morgan fingerprint density at radius 2 is 1.90 bits per heavy atom. The van der Waals surface area contributed by atoms with Gasteiger partial charge in [-0.25, -0.2) is 13.1 Å². The highest BCUT2D eigenvalue weighted by atomic mass is 35.5. The SMILES string of the molecule is C[C@H]1C/C=C/[C@H](OCCN2CCN(C)CC2)[C@@H]2CC[C@H]2CN2C[C@@]3(CCCc4cc(Cl)ccc43)COc3ccc(cc32)S(=O)(=O)NC(=O)[C@@H]1C. The normalized spacial score (nSPS) is 32.5. The standard InChI is InChI=1S/C39H53ClN4O5S/c1-27-6-4-8-36(48-21-20-43-18-16-42(3)17-19-43)33-12-9-30(33)24-44-25-39(15-5-7-29-22-31(40)10-13-34(29)39)26-49-37-14-11-32(23-35(37)44)50(46,47)41-38(45)28(27)2/h4,8,10-11,13-14,22-23,27-28,30,33,36H,5-7,9,12,15-21,24-26H2,1-3H3,(H,41,45)/b8-4+/t27-,28+,30-,33+,36-,39-/m0/s1. The molecule has 7 rings (SSSR count). The largest absolute Gasteiger partial charge is 0.490 e. The van der Waals surface area contributed by atoms with Crippen LogP contribution in [0.2, 0.25) is 5.02 Å². The molecule has 1 saturated heterocycles. The Morgan fingerprint density at radius 3 is 2.68 bits per heavy atom. The second-order valence-electron chi connectivity index (χ2n) is 15.6. The Hall–Kier alpha value is -2.63. The Labute approximate surface area is 303 Å². The van der Waals surface area contributed by atoms with E-state index < -0.39 is 21.8 Å². The van der Waals surface area contributed by atoms with Gasteiger partial charge in [-0.3, -0.25) is 9.69 Å². The number of anilines is 1. The van der Waals surface area contributed by atoms with Crippen LogP contribution in [0.1, 0.15) is 57.1 Å². The number of hydrogen-bond acceptors (Lipinski definition) is 8. The van der Waals surface area contributed by atoms with E-state index in [1.54, 1.807) is 25.1 Å². The molecule has 2 aromatic rings. The van der Waals surface area contributed by atoms with E-state index in [0.717, 1.165) is 82.1 Å². The van der Waals surface area contributed by atoms with E-state index >= 15 is 0 Å². The summed E-state index contributed by atoms with van der Waals surface area (Å²) in [5, 5.41) is 0.744. The number of nitrogens with one attached hydrogen (secondary N) is 1. The fourth-order valence-electron chi connectivity index (χ4n) is 8.68. The molecule has 3 heterocycles. The van der Waals surface area contributed by atoms with Gasteiger partial charge >= 0.3 is 0 Å². The zero-order chi connectivity index (χ0) is 35.0. The van der Waals surface area contributed by atoms with Gasteiger partial charge in [0.25, 0.3) is 10.0 Å². The summed E-state index contributed by atoms with van der Waals surface area (Å²) in [5.74, 6) is 0.363. The monoisotopic (exact) mass is 724 g/mol. The van der Waals surface area contributed by atoms with Crippen molar-refractivity contribution in [2.75, 3.05) is 71.0 Å². The van der Waals surface area contributed by atoms with Crippen LogP contribution in [0.4, 0.5) is 5.69 Å². The summed E-state index contributed by atoms with van der Waals surface area (Å²) in [6.07, 6.45) is 10.2. The van der Waals surface area contributed by atoms with Gasteiger partial charge in [-0.2, -0.15) is 0 Å². The maximum atomic E-state index is 13.7. The molecule has 50 heavy (non-hydrogen) atoms. The van der Waals surface area contributed by atoms with E-state index in [1.807, 2.05) is 13.0 Å². The van der Waals surface area contributed by atoms with Crippen LogP contribution in [0, 0.1) is 23.7 Å². The molecule has 11 heteroatoms. The summed E-state index contributed by atoms with van der Waals surface area (Å²) in [6.45, 7) is 11.7. The third-order valence-corrected chi connectivity index (χ3v) is 13.9. The smallest absolute Gasteiger partial charge is 0.264 e. The number of amides is 1. The minimum atomic E-state index is -4.10. The molecule has 0 radical (unpaired) electrons. The molecule has 1 saturated carbocycles. The number of piperazine rings is 1. The number of fused-ring (bicyclic) bond motifs is 4. The number of ether oxygens (including phenoxy) is 2. The Morgan fingerprint density at radius 1 is 1.08 bits per heavy atom. The van der Waals surface area contributed by atoms with Gasteiger partial charge in [0, 0.05) is 62.2 Å². The predicted octanol–water partition coefficient (Wildman–Crippen LogP) is 5.51. The molecule has 6 atom stereocenters. The second-order valence-corrected chi connectivity index (χ2v) is 17.7. The number of likely N-dealkylation sites (N-methyl/N-ethyl adjacent to an activating group) is 1. The van der Waals surface area contributed by atoms with Crippen LogP contribution in [0.3, 0.4) is 0 Å². The topological polar surface area (TPSA) is 91.4 Å². The molecule has 0 unspecified atom stereocenters. The predicted molar refractivity (Wildman–Crippen MR) is 198 cm³/mol. The van der Waals surface area contributed by atoms with Crippen molar-refractivity contribution in [3.05, 3.63) is 64.7 Å². The lowest BCUT2D eigenvalue weighted by atomic mass is 9.68. The average Bonchev–Trinajstić information content (AvgIpc) is 3.23. The number of allylic oxidation sites excluding steroid dienone is 1. The summed E-state index contributed by atoms with van der Waals surface area (Å²) in [7, 11) is -1.92. The van der Waals surface area contributed by atoms with Gasteiger partial charge in [-0.15, -0.1) is 0 Å². The van der Waals surface area contributed by atoms with Crippen LogP contribution < -0.4 is 14.4 Å². The number of hydrogen-bond donors (Lipinski definition) is 1. The van der Waals surface area contributed by atoms with E-state index in [0.29, 0.717) is 43.8 Å². The fourth-order valence-corrected chi connectivity index (χ4v) is 9.96. The molecule has 0 aromatic heterocycles. The van der Waals surface area contributed by atoms with Crippen molar-refractivity contribution in [2.45, 2.75) is 68.8 Å². The molecule has 272 valence electrons. The first-order valence-electron chi connectivity index (χ1n) is 18.6. The molecule has 2 aliphatic carbocycles. The van der Waals surface area contributed by atoms with Crippen molar-refractivity contribution in [2.24, 2.45) is 23.7 Å². The zero-order valence-corrected chi connectivity index (χ0v) is 31.4. The second kappa shape index (κ2) is 14.8. The lowest BCUT2D eigenvalue weighted by molar-refractivity contribution is -0.124. The Kier molecular flexibility index (Phi) is 10.6. The number of aryl methyl sites for hydroxylation is 1. The lowest BCUT2D eigenvalue weighted by Crippen LogP contribution is -2.50. The number of halogens is 1. The van der Waals surface area contributed by atoms with Crippen molar-refractivity contribution in [1.82, 2.24) is 14.5 Å². The molecule has 9 nitrogen and oxygen atoms in total. The number of sulfonamides is 1. The summed E-state index contributed by atoms with van der Waals surface area (Å²) >= 11 is 6.47. The van der Waals surface area contributed by atoms with Gasteiger partial charge < -0.3 is 19.3 Å². The highest BCUT2D eigenvalue weighted by Crippen LogP contribution is 2.47. The van der Waals surface area contributed by atoms with Crippen molar-refractivity contribution in [3.63, 3.8) is 0 Å². The summed E-state index contributed by atoms with van der Waals surface area (Å²) in [4.78, 5) is 20.6. The van der Waals surface area contributed by atoms with Crippen molar-refractivity contribution in [1.29, 1.82) is 0 Å². The number of carbonyl (C=O) groups excluding carboxylic acids is 1. The van der Waals surface area contributed by atoms with Crippen LogP contribution in [0.25, 0.3) is 0 Å². The van der Waals surface area contributed by atoms with Crippen molar-refractivity contribution < 1.29 is 22.7 Å². The molecule has 3 aliphatic heterocycles. The summed E-state index contributed by atoms with van der Waals surface area (Å²) in [6, 6.07) is 11.3. The first kappa shape index (κ1) is 35.8. The van der Waals surface area contributed by atoms with E-state index in [4.69, 9.17) is 21.1 Å². The molecule has 2 fully saturated rings. The maximum Gasteiger partial charge on any atom is 0.264 e. The summed E-state index contributed by atoms with van der Waals surface area (Å²) in [5.41, 5.74) is 3.03. The average molecular weight is 725 g/mol. The van der Waals surface area contributed by atoms with E-state index in [9.17, 15) is 13.2 Å². The fraction of sp³-hybridized carbons (Fsp3) is 0.615. The molecule has 2 aromatic carbocycles. The van der Waals surface area contributed by atoms with Crippen LogP contribution in [0.5, 0.6) is 5.75 Å². The van der Waals surface area contributed by atoms with Crippen molar-refractivity contribution in [3.8, 4) is 5.75 Å². The van der Waals surface area contributed by atoms with Gasteiger partial charge in [0.05, 0.1) is 29.9 Å². The van der Waals surface area contributed by atoms with E-state index in [2.05, 4.69) is 50.8 Å². The number of nitrogens with zero attached hydrogens (tertiary/aromatic N) is 3. The van der Waals surface area contributed by atoms with Crippen molar-refractivity contribution >= 4 is 33.2 Å².